The van der Waals surface area contributed by atoms with Gasteiger partial charge in [0.05, 0.1) is 6.20 Å². The van der Waals surface area contributed by atoms with Crippen molar-refractivity contribution in [2.24, 2.45) is 5.92 Å². The second kappa shape index (κ2) is 4.24. The van der Waals surface area contributed by atoms with Gasteiger partial charge in [-0.2, -0.15) is 0 Å². The predicted octanol–water partition coefficient (Wildman–Crippen LogP) is 3.55. The number of aromatic nitrogens is 1. The summed E-state index contributed by atoms with van der Waals surface area (Å²) in [4.78, 5) is 3.94. The number of nitrogens with one attached hydrogen (secondary N) is 1. The summed E-state index contributed by atoms with van der Waals surface area (Å²) in [5, 5.41) is 3.54. The number of anilines is 1. The third-order valence-corrected chi connectivity index (χ3v) is 3.30. The van der Waals surface area contributed by atoms with E-state index in [9.17, 15) is 0 Å². The lowest BCUT2D eigenvalue weighted by Crippen LogP contribution is -2.17. The van der Waals surface area contributed by atoms with Crippen molar-refractivity contribution in [3.05, 3.63) is 36.9 Å². The molecule has 0 spiro atoms. The van der Waals surface area contributed by atoms with Gasteiger partial charge in [0.15, 0.2) is 12.2 Å². The van der Waals surface area contributed by atoms with Gasteiger partial charge >= 0.3 is 0 Å². The van der Waals surface area contributed by atoms with E-state index in [2.05, 4.69) is 29.4 Å². The Morgan fingerprint density at radius 2 is 2.29 bits per heavy atom. The summed E-state index contributed by atoms with van der Waals surface area (Å²) in [5.74, 6) is 1.66. The van der Waals surface area contributed by atoms with Crippen LogP contribution in [0.1, 0.15) is 19.8 Å². The van der Waals surface area contributed by atoms with Crippen molar-refractivity contribution >= 4 is 5.69 Å². The van der Waals surface area contributed by atoms with E-state index in [1.54, 1.807) is 6.20 Å². The third kappa shape index (κ3) is 2.33. The molecule has 1 N–H and O–H groups in total. The molecule has 1 fully saturated rings. The van der Waals surface area contributed by atoms with Crippen molar-refractivity contribution < 1.29 is 4.42 Å². The van der Waals surface area contributed by atoms with Gasteiger partial charge < -0.3 is 9.73 Å². The molecule has 0 radical (unpaired) electrons. The Morgan fingerprint density at radius 3 is 3.00 bits per heavy atom. The fourth-order valence-corrected chi connectivity index (χ4v) is 2.10. The molecule has 1 atom stereocenters. The van der Waals surface area contributed by atoms with E-state index in [4.69, 9.17) is 4.42 Å². The number of oxazole rings is 1. The van der Waals surface area contributed by atoms with E-state index < -0.39 is 0 Å². The van der Waals surface area contributed by atoms with Gasteiger partial charge in [-0.25, -0.2) is 4.98 Å². The van der Waals surface area contributed by atoms with Crippen LogP contribution in [-0.4, -0.2) is 11.0 Å². The first-order valence-corrected chi connectivity index (χ1v) is 6.08. The highest BCUT2D eigenvalue weighted by atomic mass is 16.3. The topological polar surface area (TPSA) is 38.1 Å². The van der Waals surface area contributed by atoms with Gasteiger partial charge in [0.1, 0.15) is 0 Å². The minimum absolute atomic E-state index is 0.556. The fourth-order valence-electron chi connectivity index (χ4n) is 2.10. The molecule has 1 aliphatic rings. The Bertz CT molecular complexity index is 489. The lowest BCUT2D eigenvalue weighted by molar-refractivity contribution is 0.572. The van der Waals surface area contributed by atoms with Gasteiger partial charge in [0.2, 0.25) is 0 Å². The zero-order valence-corrected chi connectivity index (χ0v) is 9.89. The number of rotatable bonds is 4. The molecule has 17 heavy (non-hydrogen) atoms. The van der Waals surface area contributed by atoms with Gasteiger partial charge in [0.25, 0.3) is 0 Å². The fraction of sp³-hybridized carbons (Fsp3) is 0.357. The van der Waals surface area contributed by atoms with Crippen LogP contribution in [0.5, 0.6) is 0 Å². The van der Waals surface area contributed by atoms with Crippen LogP contribution in [0.25, 0.3) is 11.3 Å². The zero-order chi connectivity index (χ0) is 11.7. The monoisotopic (exact) mass is 228 g/mol. The summed E-state index contributed by atoms with van der Waals surface area (Å²) in [7, 11) is 0. The third-order valence-electron chi connectivity index (χ3n) is 3.30. The maximum Gasteiger partial charge on any atom is 0.181 e. The molecule has 3 heteroatoms. The largest absolute Gasteiger partial charge is 0.444 e. The molecule has 1 aliphatic carbocycles. The first kappa shape index (κ1) is 10.4. The lowest BCUT2D eigenvalue weighted by atomic mass is 10.1. The first-order chi connectivity index (χ1) is 8.33. The number of hydrogen-bond acceptors (Lipinski definition) is 3. The van der Waals surface area contributed by atoms with E-state index in [0.717, 1.165) is 22.9 Å². The van der Waals surface area contributed by atoms with Crippen molar-refractivity contribution in [1.29, 1.82) is 0 Å². The molecule has 88 valence electrons. The Hall–Kier alpha value is -1.77. The molecule has 1 aromatic carbocycles. The van der Waals surface area contributed by atoms with E-state index in [-0.39, 0.29) is 0 Å². The summed E-state index contributed by atoms with van der Waals surface area (Å²) >= 11 is 0. The van der Waals surface area contributed by atoms with Crippen LogP contribution in [0.2, 0.25) is 0 Å². The summed E-state index contributed by atoms with van der Waals surface area (Å²) in [6.45, 7) is 2.25. The van der Waals surface area contributed by atoms with Crippen molar-refractivity contribution in [2.75, 3.05) is 5.32 Å². The summed E-state index contributed by atoms with van der Waals surface area (Å²) in [6, 6.07) is 8.84. The highest BCUT2D eigenvalue weighted by molar-refractivity contribution is 5.63. The minimum atomic E-state index is 0.556. The van der Waals surface area contributed by atoms with Crippen LogP contribution < -0.4 is 5.32 Å². The molecule has 2 aromatic rings. The zero-order valence-electron chi connectivity index (χ0n) is 9.89. The van der Waals surface area contributed by atoms with E-state index in [1.807, 2.05) is 12.1 Å². The molecule has 1 unspecified atom stereocenters. The molecule has 1 saturated carbocycles. The first-order valence-electron chi connectivity index (χ1n) is 6.08. The highest BCUT2D eigenvalue weighted by Crippen LogP contribution is 2.34. The van der Waals surface area contributed by atoms with Crippen LogP contribution in [0.4, 0.5) is 5.69 Å². The van der Waals surface area contributed by atoms with E-state index >= 15 is 0 Å². The van der Waals surface area contributed by atoms with Gasteiger partial charge in [-0.1, -0.05) is 12.1 Å². The van der Waals surface area contributed by atoms with Gasteiger partial charge in [-0.05, 0) is 37.8 Å². The smallest absolute Gasteiger partial charge is 0.181 e. The molecule has 0 amide bonds. The van der Waals surface area contributed by atoms with Crippen LogP contribution in [0, 0.1) is 5.92 Å². The Balaban J connectivity index is 1.79. The molecular formula is C14H16N2O. The molecule has 0 saturated heterocycles. The lowest BCUT2D eigenvalue weighted by Gasteiger charge is -2.14. The van der Waals surface area contributed by atoms with Crippen molar-refractivity contribution in [1.82, 2.24) is 4.98 Å². The number of benzene rings is 1. The molecule has 0 aliphatic heterocycles. The van der Waals surface area contributed by atoms with E-state index in [1.165, 1.54) is 19.2 Å². The molecule has 1 aromatic heterocycles. The molecular weight excluding hydrogens is 212 g/mol. The summed E-state index contributed by atoms with van der Waals surface area (Å²) < 4.78 is 5.30. The molecule has 1 heterocycles. The van der Waals surface area contributed by atoms with Gasteiger partial charge in [-0.15, -0.1) is 0 Å². The average molecular weight is 228 g/mol. The average Bonchev–Trinajstić information content (AvgIpc) is 3.05. The maximum atomic E-state index is 5.30. The summed E-state index contributed by atoms with van der Waals surface area (Å²) in [5.41, 5.74) is 2.22. The predicted molar refractivity (Wildman–Crippen MR) is 67.7 cm³/mol. The van der Waals surface area contributed by atoms with Crippen LogP contribution >= 0.6 is 0 Å². The minimum Gasteiger partial charge on any atom is -0.444 e. The Morgan fingerprint density at radius 1 is 1.41 bits per heavy atom. The quantitative estimate of drug-likeness (QED) is 0.869. The van der Waals surface area contributed by atoms with Crippen LogP contribution in [0.3, 0.4) is 0 Å². The second-order valence-corrected chi connectivity index (χ2v) is 4.72. The second-order valence-electron chi connectivity index (χ2n) is 4.72. The standard InChI is InChI=1S/C14H16N2O/c1-10(11-5-6-11)16-13-4-2-3-12(7-13)14-8-15-9-17-14/h2-4,7-11,16H,5-6H2,1H3. The van der Waals surface area contributed by atoms with Crippen LogP contribution in [-0.2, 0) is 0 Å². The molecule has 0 bridgehead atoms. The Kier molecular flexibility index (Phi) is 2.59. The number of nitrogens with zero attached hydrogens (tertiary/aromatic N) is 1. The summed E-state index contributed by atoms with van der Waals surface area (Å²) in [6.07, 6.45) is 5.91. The molecule has 3 nitrogen and oxygen atoms in total. The van der Waals surface area contributed by atoms with Crippen LogP contribution in [0.15, 0.2) is 41.3 Å². The Labute approximate surface area is 101 Å². The highest BCUT2D eigenvalue weighted by Gasteiger charge is 2.27. The van der Waals surface area contributed by atoms with Gasteiger partial charge in [0, 0.05) is 17.3 Å². The van der Waals surface area contributed by atoms with Crippen molar-refractivity contribution in [3.63, 3.8) is 0 Å². The number of hydrogen-bond donors (Lipinski definition) is 1. The van der Waals surface area contributed by atoms with Gasteiger partial charge in [-0.3, -0.25) is 0 Å². The molecule has 3 rings (SSSR count). The normalized spacial score (nSPS) is 16.8. The SMILES string of the molecule is CC(Nc1cccc(-c2cnco2)c1)C1CC1. The van der Waals surface area contributed by atoms with Crippen molar-refractivity contribution in [2.45, 2.75) is 25.8 Å². The maximum absolute atomic E-state index is 5.30. The van der Waals surface area contributed by atoms with E-state index in [0.29, 0.717) is 6.04 Å². The van der Waals surface area contributed by atoms with Crippen molar-refractivity contribution in [3.8, 4) is 11.3 Å².